The molecule has 1 saturated heterocycles. The molecule has 2 N–H and O–H groups in total. The number of aromatic nitrogens is 1. The van der Waals surface area contributed by atoms with Gasteiger partial charge >= 0.3 is 0 Å². The Morgan fingerprint density at radius 2 is 1.74 bits per heavy atom. The molecule has 0 spiro atoms. The molecule has 1 amide bonds. The summed E-state index contributed by atoms with van der Waals surface area (Å²) >= 11 is 0. The molecule has 2 aliphatic heterocycles. The van der Waals surface area contributed by atoms with Crippen molar-refractivity contribution in [3.05, 3.63) is 77.0 Å². The van der Waals surface area contributed by atoms with E-state index in [1.807, 2.05) is 0 Å². The molecule has 2 aromatic carbocycles. The molecule has 1 fully saturated rings. The van der Waals surface area contributed by atoms with Gasteiger partial charge in [-0.3, -0.25) is 14.9 Å². The van der Waals surface area contributed by atoms with Crippen LogP contribution in [-0.2, 0) is 30.8 Å². The number of fused-ring (bicyclic) bond motifs is 3. The number of benzene rings is 2. The first kappa shape index (κ1) is 27.2. The van der Waals surface area contributed by atoms with Crippen molar-refractivity contribution in [2.75, 3.05) is 26.2 Å². The van der Waals surface area contributed by atoms with Gasteiger partial charge in [-0.25, -0.2) is 5.48 Å². The number of hydrogen-bond acceptors (Lipinski definition) is 4. The van der Waals surface area contributed by atoms with E-state index in [0.717, 1.165) is 44.7 Å². The van der Waals surface area contributed by atoms with E-state index in [-0.39, 0.29) is 24.8 Å². The third-order valence-corrected chi connectivity index (χ3v) is 6.98. The van der Waals surface area contributed by atoms with Gasteiger partial charge in [-0.1, -0.05) is 36.4 Å². The van der Waals surface area contributed by atoms with Crippen LogP contribution in [0, 0.1) is 0 Å². The Morgan fingerprint density at radius 1 is 0.971 bits per heavy atom. The van der Waals surface area contributed by atoms with E-state index >= 15 is 0 Å². The molecule has 8 heteroatoms. The van der Waals surface area contributed by atoms with Crippen molar-refractivity contribution in [2.24, 2.45) is 0 Å². The number of rotatable bonds is 7. The van der Waals surface area contributed by atoms with E-state index in [9.17, 15) is 4.79 Å². The van der Waals surface area contributed by atoms with Gasteiger partial charge in [0.2, 0.25) is 0 Å². The number of amides is 1. The van der Waals surface area contributed by atoms with Crippen LogP contribution < -0.4 is 5.48 Å². The predicted octanol–water partition coefficient (Wildman–Crippen LogP) is 4.66. The van der Waals surface area contributed by atoms with Gasteiger partial charge in [-0.15, -0.1) is 24.8 Å². The predicted molar refractivity (Wildman–Crippen MR) is 145 cm³/mol. The first-order valence-electron chi connectivity index (χ1n) is 12.0. The summed E-state index contributed by atoms with van der Waals surface area (Å²) in [5.41, 5.74) is 8.12. The minimum absolute atomic E-state index is 0. The van der Waals surface area contributed by atoms with Crippen LogP contribution >= 0.6 is 24.8 Å². The fraction of sp³-hybridized carbons (Fsp3) is 0.370. The van der Waals surface area contributed by atoms with Gasteiger partial charge in [0.15, 0.2) is 0 Å². The Morgan fingerprint density at radius 3 is 2.49 bits per heavy atom. The summed E-state index contributed by atoms with van der Waals surface area (Å²) in [6.45, 7) is 7.50. The summed E-state index contributed by atoms with van der Waals surface area (Å²) in [5.74, 6) is -0.519. The SMILES string of the molecule is Cl.Cl.O=C(/C=C/c1ccc2c(c1)c1c(n2CCN2CCCC2)CCN(Cc2ccccc2)C1)NO. The molecule has 2 aliphatic rings. The third-order valence-electron chi connectivity index (χ3n) is 6.98. The molecule has 188 valence electrons. The van der Waals surface area contributed by atoms with Crippen LogP contribution in [0.1, 0.15) is 35.2 Å². The molecule has 0 radical (unpaired) electrons. The van der Waals surface area contributed by atoms with Gasteiger partial charge in [0.25, 0.3) is 5.91 Å². The normalized spacial score (nSPS) is 16.1. The number of hydrogen-bond donors (Lipinski definition) is 2. The highest BCUT2D eigenvalue weighted by atomic mass is 35.5. The second-order valence-corrected chi connectivity index (χ2v) is 9.16. The number of nitrogens with zero attached hydrogens (tertiary/aromatic N) is 3. The summed E-state index contributed by atoms with van der Waals surface area (Å²) < 4.78 is 2.54. The lowest BCUT2D eigenvalue weighted by Gasteiger charge is -2.28. The molecule has 35 heavy (non-hydrogen) atoms. The molecule has 1 aromatic heterocycles. The van der Waals surface area contributed by atoms with E-state index in [2.05, 4.69) is 62.9 Å². The fourth-order valence-electron chi connectivity index (χ4n) is 5.32. The number of hydroxylamine groups is 1. The summed E-state index contributed by atoms with van der Waals surface area (Å²) in [5, 5.41) is 10.1. The van der Waals surface area contributed by atoms with Crippen LogP contribution in [0.5, 0.6) is 0 Å². The quantitative estimate of drug-likeness (QED) is 0.272. The molecular weight excluding hydrogens is 483 g/mol. The minimum atomic E-state index is -0.519. The monoisotopic (exact) mass is 516 g/mol. The largest absolute Gasteiger partial charge is 0.343 e. The molecule has 0 bridgehead atoms. The Hall–Kier alpha value is -2.35. The molecular formula is C27H34Cl2N4O2. The Kier molecular flexibility index (Phi) is 9.78. The summed E-state index contributed by atoms with van der Waals surface area (Å²) in [7, 11) is 0. The lowest BCUT2D eigenvalue weighted by molar-refractivity contribution is -0.124. The average molecular weight is 518 g/mol. The molecule has 3 heterocycles. The minimum Gasteiger partial charge on any atom is -0.343 e. The molecule has 6 nitrogen and oxygen atoms in total. The van der Waals surface area contributed by atoms with Crippen LogP contribution in [0.25, 0.3) is 17.0 Å². The molecule has 0 atom stereocenters. The van der Waals surface area contributed by atoms with Gasteiger partial charge in [0, 0.05) is 61.8 Å². The zero-order chi connectivity index (χ0) is 22.6. The maximum atomic E-state index is 11.4. The number of carbonyl (C=O) groups excluding carboxylic acids is 1. The Balaban J connectivity index is 0.00000171. The average Bonchev–Trinajstić information content (AvgIpc) is 3.47. The molecule has 3 aromatic rings. The maximum absolute atomic E-state index is 11.4. The molecule has 5 rings (SSSR count). The van der Waals surface area contributed by atoms with Crippen molar-refractivity contribution < 1.29 is 10.0 Å². The molecule has 0 aliphatic carbocycles. The highest BCUT2D eigenvalue weighted by molar-refractivity contribution is 5.93. The maximum Gasteiger partial charge on any atom is 0.267 e. The van der Waals surface area contributed by atoms with Crippen molar-refractivity contribution in [1.82, 2.24) is 19.8 Å². The van der Waals surface area contributed by atoms with Gasteiger partial charge in [-0.05, 0) is 60.8 Å². The lowest BCUT2D eigenvalue weighted by atomic mass is 10.0. The number of likely N-dealkylation sites (tertiary alicyclic amines) is 1. The Bertz CT molecular complexity index is 1160. The highest BCUT2D eigenvalue weighted by Crippen LogP contribution is 2.33. The number of nitrogens with one attached hydrogen (secondary N) is 1. The van der Waals surface area contributed by atoms with Crippen molar-refractivity contribution in [1.29, 1.82) is 0 Å². The van der Waals surface area contributed by atoms with Gasteiger partial charge in [0.1, 0.15) is 0 Å². The molecule has 0 saturated carbocycles. The summed E-state index contributed by atoms with van der Waals surface area (Å²) in [4.78, 5) is 16.6. The van der Waals surface area contributed by atoms with Crippen LogP contribution in [0.3, 0.4) is 0 Å². The van der Waals surface area contributed by atoms with Crippen molar-refractivity contribution in [3.8, 4) is 0 Å². The zero-order valence-electron chi connectivity index (χ0n) is 19.9. The van der Waals surface area contributed by atoms with E-state index < -0.39 is 5.91 Å². The summed E-state index contributed by atoms with van der Waals surface area (Å²) in [6.07, 6.45) is 6.80. The molecule has 0 unspecified atom stereocenters. The van der Waals surface area contributed by atoms with Crippen LogP contribution in [-0.4, -0.2) is 51.7 Å². The number of halogens is 2. The zero-order valence-corrected chi connectivity index (χ0v) is 21.5. The van der Waals surface area contributed by atoms with E-state index in [0.29, 0.717) is 0 Å². The van der Waals surface area contributed by atoms with Crippen LogP contribution in [0.4, 0.5) is 0 Å². The van der Waals surface area contributed by atoms with Crippen molar-refractivity contribution in [2.45, 2.75) is 38.9 Å². The van der Waals surface area contributed by atoms with Crippen LogP contribution in [0.2, 0.25) is 0 Å². The second-order valence-electron chi connectivity index (χ2n) is 9.16. The second kappa shape index (κ2) is 12.6. The van der Waals surface area contributed by atoms with E-state index in [1.54, 1.807) is 11.6 Å². The standard InChI is InChI=1S/C27H32N4O2.2ClH/c32-27(28-33)11-9-21-8-10-25-23(18-21)24-20-30(19-22-6-2-1-3-7-22)15-12-26(24)31(25)17-16-29-13-4-5-14-29;;/h1-3,6-11,18,33H,4-5,12-17,19-20H2,(H,28,32);2*1H/b11-9+;;. The van der Waals surface area contributed by atoms with Crippen molar-refractivity contribution in [3.63, 3.8) is 0 Å². The van der Waals surface area contributed by atoms with Gasteiger partial charge < -0.3 is 9.47 Å². The Labute approximate surface area is 219 Å². The lowest BCUT2D eigenvalue weighted by Crippen LogP contribution is -2.31. The first-order chi connectivity index (χ1) is 16.2. The van der Waals surface area contributed by atoms with Gasteiger partial charge in [0.05, 0.1) is 0 Å². The fourth-order valence-corrected chi connectivity index (χ4v) is 5.32. The highest BCUT2D eigenvalue weighted by Gasteiger charge is 2.24. The van der Waals surface area contributed by atoms with Gasteiger partial charge in [-0.2, -0.15) is 0 Å². The first-order valence-corrected chi connectivity index (χ1v) is 12.0. The van der Waals surface area contributed by atoms with E-state index in [4.69, 9.17) is 5.21 Å². The smallest absolute Gasteiger partial charge is 0.267 e. The van der Waals surface area contributed by atoms with Crippen molar-refractivity contribution >= 4 is 47.7 Å². The van der Waals surface area contributed by atoms with E-state index in [1.165, 1.54) is 59.7 Å². The summed E-state index contributed by atoms with van der Waals surface area (Å²) in [6, 6.07) is 17.1. The number of carbonyl (C=O) groups is 1. The third kappa shape index (κ3) is 6.26. The van der Waals surface area contributed by atoms with Crippen LogP contribution in [0.15, 0.2) is 54.6 Å². The topological polar surface area (TPSA) is 60.7 Å².